The van der Waals surface area contributed by atoms with Crippen LogP contribution in [-0.4, -0.2) is 37.0 Å². The first-order chi connectivity index (χ1) is 13.9. The first-order valence-corrected chi connectivity index (χ1v) is 9.42. The Morgan fingerprint density at radius 2 is 1.59 bits per heavy atom. The van der Waals surface area contributed by atoms with Crippen LogP contribution >= 0.6 is 0 Å². The summed E-state index contributed by atoms with van der Waals surface area (Å²) in [6, 6.07) is 15.5. The lowest BCUT2D eigenvalue weighted by Gasteiger charge is -2.15. The zero-order valence-corrected chi connectivity index (χ0v) is 16.8. The van der Waals surface area contributed by atoms with Gasteiger partial charge >= 0.3 is 5.97 Å². The second-order valence-electron chi connectivity index (χ2n) is 6.88. The van der Waals surface area contributed by atoms with Crippen molar-refractivity contribution in [2.24, 2.45) is 5.92 Å². The van der Waals surface area contributed by atoms with Crippen molar-refractivity contribution in [3.05, 3.63) is 60.2 Å². The largest absolute Gasteiger partial charge is 0.479 e. The molecule has 7 nitrogen and oxygen atoms in total. The number of carbonyl (C=O) groups is 3. The van der Waals surface area contributed by atoms with Gasteiger partial charge in [0.25, 0.3) is 11.8 Å². The summed E-state index contributed by atoms with van der Waals surface area (Å²) in [5.74, 6) is -0.652. The molecule has 0 aliphatic heterocycles. The molecule has 0 saturated heterocycles. The number of amides is 2. The van der Waals surface area contributed by atoms with Gasteiger partial charge in [0.2, 0.25) is 0 Å². The van der Waals surface area contributed by atoms with Crippen LogP contribution in [0.1, 0.15) is 31.1 Å². The molecule has 0 bridgehead atoms. The van der Waals surface area contributed by atoms with Gasteiger partial charge in [0.05, 0.1) is 11.3 Å². The van der Waals surface area contributed by atoms with Gasteiger partial charge in [0.15, 0.2) is 12.7 Å². The number of nitrogens with one attached hydrogen (secondary N) is 2. The van der Waals surface area contributed by atoms with E-state index < -0.39 is 24.6 Å². The van der Waals surface area contributed by atoms with Crippen LogP contribution < -0.4 is 15.4 Å². The molecule has 0 aromatic heterocycles. The van der Waals surface area contributed by atoms with E-state index in [9.17, 15) is 14.4 Å². The second kappa shape index (κ2) is 10.8. The van der Waals surface area contributed by atoms with Gasteiger partial charge in [-0.3, -0.25) is 9.59 Å². The zero-order valence-electron chi connectivity index (χ0n) is 16.8. The zero-order chi connectivity index (χ0) is 21.2. The van der Waals surface area contributed by atoms with Crippen molar-refractivity contribution in [3.63, 3.8) is 0 Å². The molecule has 7 heteroatoms. The Kier molecular flexibility index (Phi) is 8.21. The monoisotopic (exact) mass is 398 g/mol. The first kappa shape index (κ1) is 21.9. The predicted molar refractivity (Wildman–Crippen MR) is 110 cm³/mol. The Morgan fingerprint density at radius 1 is 0.931 bits per heavy atom. The van der Waals surface area contributed by atoms with Crippen molar-refractivity contribution < 1.29 is 23.9 Å². The van der Waals surface area contributed by atoms with Crippen LogP contribution in [0.4, 0.5) is 5.69 Å². The molecule has 0 heterocycles. The highest BCUT2D eigenvalue weighted by Crippen LogP contribution is 2.15. The minimum atomic E-state index is -0.862. The smallest absolute Gasteiger partial charge is 0.347 e. The molecule has 0 fully saturated rings. The Labute approximate surface area is 170 Å². The van der Waals surface area contributed by atoms with Gasteiger partial charge in [-0.1, -0.05) is 44.2 Å². The Hall–Kier alpha value is -3.35. The molecule has 2 rings (SSSR count). The third kappa shape index (κ3) is 7.29. The van der Waals surface area contributed by atoms with Crippen LogP contribution in [0.3, 0.4) is 0 Å². The van der Waals surface area contributed by atoms with Crippen LogP contribution in [0, 0.1) is 5.92 Å². The van der Waals surface area contributed by atoms with Crippen molar-refractivity contribution in [2.45, 2.75) is 26.9 Å². The van der Waals surface area contributed by atoms with Gasteiger partial charge in [-0.05, 0) is 37.1 Å². The van der Waals surface area contributed by atoms with Crippen molar-refractivity contribution in [1.29, 1.82) is 0 Å². The van der Waals surface area contributed by atoms with Gasteiger partial charge in [-0.25, -0.2) is 4.79 Å². The Morgan fingerprint density at radius 3 is 2.28 bits per heavy atom. The molecular formula is C22H26N2O5. The number of rotatable bonds is 9. The van der Waals surface area contributed by atoms with Crippen molar-refractivity contribution in [2.75, 3.05) is 18.5 Å². The highest BCUT2D eigenvalue weighted by molar-refractivity contribution is 6.04. The van der Waals surface area contributed by atoms with E-state index in [2.05, 4.69) is 10.6 Å². The highest BCUT2D eigenvalue weighted by atomic mass is 16.6. The second-order valence-corrected chi connectivity index (χ2v) is 6.88. The maximum absolute atomic E-state index is 12.3. The summed E-state index contributed by atoms with van der Waals surface area (Å²) in [7, 11) is 0. The summed E-state index contributed by atoms with van der Waals surface area (Å²) in [5, 5.41) is 5.41. The molecule has 0 saturated carbocycles. The van der Waals surface area contributed by atoms with Crippen LogP contribution in [0.5, 0.6) is 5.75 Å². The topological polar surface area (TPSA) is 93.7 Å². The van der Waals surface area contributed by atoms with E-state index >= 15 is 0 Å². The summed E-state index contributed by atoms with van der Waals surface area (Å²) in [6.45, 7) is 5.57. The van der Waals surface area contributed by atoms with Gasteiger partial charge in [-0.2, -0.15) is 0 Å². The van der Waals surface area contributed by atoms with Crippen LogP contribution in [0.25, 0.3) is 0 Å². The SMILES string of the molecule is CC(C)CNC(=O)c1ccccc1NC(=O)COC(=O)[C@@H](C)Oc1ccccc1. The predicted octanol–water partition coefficient (Wildman–Crippen LogP) is 3.02. The molecule has 2 N–H and O–H groups in total. The summed E-state index contributed by atoms with van der Waals surface area (Å²) >= 11 is 0. The molecule has 0 aliphatic rings. The molecule has 0 spiro atoms. The lowest BCUT2D eigenvalue weighted by molar-refractivity contribution is -0.153. The molecule has 2 amide bonds. The molecule has 0 aliphatic carbocycles. The number of esters is 1. The summed E-state index contributed by atoms with van der Waals surface area (Å²) in [5.41, 5.74) is 0.692. The average Bonchev–Trinajstić information content (AvgIpc) is 2.71. The van der Waals surface area contributed by atoms with Crippen LogP contribution in [-0.2, 0) is 14.3 Å². The quantitative estimate of drug-likeness (QED) is 0.634. The molecule has 29 heavy (non-hydrogen) atoms. The molecule has 154 valence electrons. The fraction of sp³-hybridized carbons (Fsp3) is 0.318. The van der Waals surface area contributed by atoms with E-state index in [0.29, 0.717) is 29.5 Å². The maximum atomic E-state index is 12.3. The lowest BCUT2D eigenvalue weighted by Crippen LogP contribution is -2.31. The van der Waals surface area contributed by atoms with Crippen molar-refractivity contribution in [1.82, 2.24) is 5.32 Å². The fourth-order valence-electron chi connectivity index (χ4n) is 2.37. The maximum Gasteiger partial charge on any atom is 0.347 e. The molecular weight excluding hydrogens is 372 g/mol. The van der Waals surface area contributed by atoms with Gasteiger partial charge in [0.1, 0.15) is 5.75 Å². The number of benzene rings is 2. The van der Waals surface area contributed by atoms with Gasteiger partial charge in [-0.15, -0.1) is 0 Å². The number of hydrogen-bond acceptors (Lipinski definition) is 5. The van der Waals surface area contributed by atoms with Crippen molar-refractivity contribution >= 4 is 23.5 Å². The first-order valence-electron chi connectivity index (χ1n) is 9.42. The molecule has 1 atom stereocenters. The normalized spacial score (nSPS) is 11.4. The fourth-order valence-corrected chi connectivity index (χ4v) is 2.37. The minimum absolute atomic E-state index is 0.281. The molecule has 0 radical (unpaired) electrons. The van der Waals surface area contributed by atoms with E-state index in [1.165, 1.54) is 0 Å². The number of para-hydroxylation sites is 2. The van der Waals surface area contributed by atoms with E-state index in [4.69, 9.17) is 9.47 Å². The molecule has 2 aromatic rings. The number of anilines is 1. The van der Waals surface area contributed by atoms with E-state index in [0.717, 1.165) is 0 Å². The Balaban J connectivity index is 1.87. The standard InChI is InChI=1S/C22H26N2O5/c1-15(2)13-23-21(26)18-11-7-8-12-19(18)24-20(25)14-28-22(27)16(3)29-17-9-5-4-6-10-17/h4-12,15-16H,13-14H2,1-3H3,(H,23,26)(H,24,25)/t16-/m1/s1. The van der Waals surface area contributed by atoms with Gasteiger partial charge in [0, 0.05) is 6.54 Å². The highest BCUT2D eigenvalue weighted by Gasteiger charge is 2.19. The molecule has 2 aromatic carbocycles. The van der Waals surface area contributed by atoms with Crippen LogP contribution in [0.15, 0.2) is 54.6 Å². The lowest BCUT2D eigenvalue weighted by atomic mass is 10.1. The third-order valence-electron chi connectivity index (χ3n) is 3.85. The molecule has 0 unspecified atom stereocenters. The van der Waals surface area contributed by atoms with Gasteiger partial charge < -0.3 is 20.1 Å². The summed E-state index contributed by atoms with van der Waals surface area (Å²) in [4.78, 5) is 36.5. The van der Waals surface area contributed by atoms with E-state index in [1.54, 1.807) is 55.5 Å². The van der Waals surface area contributed by atoms with E-state index in [1.807, 2.05) is 19.9 Å². The number of hydrogen-bond donors (Lipinski definition) is 2. The number of carbonyl (C=O) groups excluding carboxylic acids is 3. The summed E-state index contributed by atoms with van der Waals surface area (Å²) < 4.78 is 10.5. The third-order valence-corrected chi connectivity index (χ3v) is 3.85. The summed E-state index contributed by atoms with van der Waals surface area (Å²) in [6.07, 6.45) is -0.862. The van der Waals surface area contributed by atoms with Crippen molar-refractivity contribution in [3.8, 4) is 5.75 Å². The minimum Gasteiger partial charge on any atom is -0.479 e. The van der Waals surface area contributed by atoms with Crippen LogP contribution in [0.2, 0.25) is 0 Å². The Bertz CT molecular complexity index is 836. The average molecular weight is 398 g/mol. The van der Waals surface area contributed by atoms with E-state index in [-0.39, 0.29) is 5.91 Å². The number of ether oxygens (including phenoxy) is 2.